The number of Topliss-reactive ketones (excluding diaryl/α,β-unsaturated/α-hetero) is 1. The number of carboxylic acids is 2. The fourth-order valence-corrected chi connectivity index (χ4v) is 6.69. The van der Waals surface area contributed by atoms with Gasteiger partial charge in [0.2, 0.25) is 0 Å². The third-order valence-corrected chi connectivity index (χ3v) is 17.5. The van der Waals surface area contributed by atoms with Crippen LogP contribution in [0.5, 0.6) is 5.75 Å². The summed E-state index contributed by atoms with van der Waals surface area (Å²) in [6, 6.07) is 28.2. The van der Waals surface area contributed by atoms with Crippen molar-refractivity contribution in [1.82, 2.24) is 0 Å². The van der Waals surface area contributed by atoms with Gasteiger partial charge in [0.25, 0.3) is 0 Å². The first-order valence-corrected chi connectivity index (χ1v) is 33.7. The van der Waals surface area contributed by atoms with Crippen LogP contribution in [0, 0.1) is 38.4 Å². The number of carboxylic acid groups (broad SMARTS) is 2. The molecule has 0 amide bonds. The number of hydrogen-bond acceptors (Lipinski definition) is 18. The summed E-state index contributed by atoms with van der Waals surface area (Å²) in [4.78, 5) is 88.9. The lowest BCUT2D eigenvalue weighted by Crippen LogP contribution is -2.31. The first-order valence-electron chi connectivity index (χ1n) is 32.3. The molecule has 18 nitrogen and oxygen atoms in total. The molecule has 20 heteroatoms. The summed E-state index contributed by atoms with van der Waals surface area (Å²) in [6.07, 6.45) is 3.41. The van der Waals surface area contributed by atoms with Gasteiger partial charge in [-0.05, 0) is 164 Å². The van der Waals surface area contributed by atoms with Crippen LogP contribution in [-0.4, -0.2) is 124 Å². The van der Waals surface area contributed by atoms with E-state index in [9.17, 15) is 43.5 Å². The highest BCUT2D eigenvalue weighted by Crippen LogP contribution is 2.33. The summed E-state index contributed by atoms with van der Waals surface area (Å²) in [5, 5.41) is 34.7. The molecule has 0 aliphatic heterocycles. The van der Waals surface area contributed by atoms with Crippen molar-refractivity contribution in [3.63, 3.8) is 0 Å². The number of thioether (sulfide) groups is 1. The van der Waals surface area contributed by atoms with E-state index in [0.717, 1.165) is 34.8 Å². The second kappa shape index (κ2) is 47.4. The Morgan fingerprint density at radius 1 is 0.537 bits per heavy atom. The lowest BCUT2D eigenvalue weighted by molar-refractivity contribution is -0.159. The molecule has 0 radical (unpaired) electrons. The van der Waals surface area contributed by atoms with Crippen molar-refractivity contribution in [2.45, 2.75) is 216 Å². The molecule has 0 spiro atoms. The van der Waals surface area contributed by atoms with Gasteiger partial charge in [0, 0.05) is 26.9 Å². The average molecular weight is 1370 g/mol. The number of benzene rings is 3. The van der Waals surface area contributed by atoms with Gasteiger partial charge in [0.05, 0.1) is 46.2 Å². The van der Waals surface area contributed by atoms with E-state index in [1.807, 2.05) is 145 Å². The second-order valence-electron chi connectivity index (χ2n) is 27.1. The maximum atomic E-state index is 12.0. The van der Waals surface area contributed by atoms with Gasteiger partial charge >= 0.3 is 41.8 Å². The Kier molecular flexibility index (Phi) is 47.4. The number of esters is 5. The van der Waals surface area contributed by atoms with Gasteiger partial charge in [-0.15, -0.1) is 11.8 Å². The Labute approximate surface area is 579 Å². The smallest absolute Gasteiger partial charge is 0.333 e. The topological polar surface area (TPSA) is 273 Å². The van der Waals surface area contributed by atoms with Gasteiger partial charge in [0.15, 0.2) is 5.78 Å². The van der Waals surface area contributed by atoms with Crippen molar-refractivity contribution in [3.8, 4) is 5.75 Å². The number of rotatable bonds is 29. The zero-order chi connectivity index (χ0) is 74.8. The highest BCUT2D eigenvalue weighted by atomic mass is 32.2. The predicted molar refractivity (Wildman–Crippen MR) is 384 cm³/mol. The van der Waals surface area contributed by atoms with Gasteiger partial charge in [-0.25, -0.2) is 4.79 Å². The first kappa shape index (κ1) is 94.9. The molecule has 540 valence electrons. The molecule has 3 aromatic rings. The Morgan fingerprint density at radius 3 is 1.28 bits per heavy atom. The summed E-state index contributed by atoms with van der Waals surface area (Å²) in [5.41, 5.74) is 0.792. The number of carbonyl (C=O) groups excluding carboxylic acids is 6. The van der Waals surface area contributed by atoms with Gasteiger partial charge in [-0.3, -0.25) is 33.6 Å². The number of methoxy groups -OCH3 is 1. The molecule has 0 aliphatic carbocycles. The number of aliphatic hydroxyl groups excluding tert-OH is 2. The van der Waals surface area contributed by atoms with Gasteiger partial charge < -0.3 is 48.8 Å². The molecule has 0 aliphatic rings. The number of ketones is 1. The molecular formula is C75H120O18S2. The fourth-order valence-electron chi connectivity index (χ4n) is 5.83. The van der Waals surface area contributed by atoms with E-state index in [0.29, 0.717) is 31.6 Å². The van der Waals surface area contributed by atoms with Crippen LogP contribution in [-0.2, 0) is 74.1 Å². The highest BCUT2D eigenvalue weighted by Gasteiger charge is 2.32. The van der Waals surface area contributed by atoms with Crippen molar-refractivity contribution in [3.05, 3.63) is 114 Å². The molecule has 3 aromatic carbocycles. The number of thiocarbonyl (C=S) groups is 1. The van der Waals surface area contributed by atoms with E-state index in [4.69, 9.17) is 51.2 Å². The molecular weight excluding hydrogens is 1250 g/mol. The van der Waals surface area contributed by atoms with Gasteiger partial charge in [0.1, 0.15) is 44.9 Å². The number of aliphatic carboxylic acids is 2. The fraction of sp³-hybridized carbons (Fsp3) is 0.613. The SMILES string of the molecule is C=C(C)C(=O)OCC(O)COC(=O)C(C)(C)CC.CC(=S)SCC(C)(C)C(=O)OCc1ccccc1.CCC(C)(C)C(=O)O.CCC(C)(C)C(=O)O.CCC(C)(C)C(=O)OC.CCC(C)(C)C(=O)OCCO.CCC(C)C(=O)COc1ccc(C(C)(C)c2ccccc2)cc1. The van der Waals surface area contributed by atoms with Crippen LogP contribution in [0.1, 0.15) is 214 Å². The third-order valence-electron chi connectivity index (χ3n) is 15.9. The summed E-state index contributed by atoms with van der Waals surface area (Å²) < 4.78 is 30.8. The third kappa shape index (κ3) is 41.3. The van der Waals surface area contributed by atoms with Crippen molar-refractivity contribution >= 4 is 75.7 Å². The van der Waals surface area contributed by atoms with Crippen LogP contribution in [0.2, 0.25) is 0 Å². The van der Waals surface area contributed by atoms with E-state index in [1.165, 1.54) is 36.9 Å². The maximum Gasteiger partial charge on any atom is 0.333 e. The Hall–Kier alpha value is -6.48. The first-order chi connectivity index (χ1) is 43.7. The molecule has 3 rings (SSSR count). The van der Waals surface area contributed by atoms with Crippen molar-refractivity contribution in [2.24, 2.45) is 38.4 Å². The molecule has 4 N–H and O–H groups in total. The van der Waals surface area contributed by atoms with Crippen LogP contribution >= 0.6 is 24.0 Å². The van der Waals surface area contributed by atoms with Gasteiger partial charge in [-0.1, -0.05) is 154 Å². The largest absolute Gasteiger partial charge is 0.486 e. The molecule has 95 heavy (non-hydrogen) atoms. The van der Waals surface area contributed by atoms with Crippen molar-refractivity contribution < 1.29 is 87.2 Å². The van der Waals surface area contributed by atoms with E-state index < -0.39 is 51.1 Å². The summed E-state index contributed by atoms with van der Waals surface area (Å²) in [7, 11) is 1.42. The lowest BCUT2D eigenvalue weighted by Gasteiger charge is -2.26. The molecule has 0 saturated carbocycles. The lowest BCUT2D eigenvalue weighted by atomic mass is 9.78. The molecule has 0 heterocycles. The van der Waals surface area contributed by atoms with E-state index in [-0.39, 0.29) is 85.0 Å². The summed E-state index contributed by atoms with van der Waals surface area (Å²) >= 11 is 6.52. The molecule has 0 saturated heterocycles. The summed E-state index contributed by atoms with van der Waals surface area (Å²) in [6.45, 7) is 46.3. The van der Waals surface area contributed by atoms with Crippen LogP contribution < -0.4 is 4.74 Å². The quantitative estimate of drug-likeness (QED) is 0.0218. The van der Waals surface area contributed by atoms with Crippen LogP contribution in [0.4, 0.5) is 0 Å². The van der Waals surface area contributed by atoms with E-state index in [2.05, 4.69) is 61.6 Å². The number of carbonyl (C=O) groups is 8. The molecule has 2 unspecified atom stereocenters. The number of aliphatic hydroxyl groups is 2. The van der Waals surface area contributed by atoms with Gasteiger partial charge in [-0.2, -0.15) is 0 Å². The predicted octanol–water partition coefficient (Wildman–Crippen LogP) is 15.9. The highest BCUT2D eigenvalue weighted by molar-refractivity contribution is 8.23. The zero-order valence-electron chi connectivity index (χ0n) is 62.0. The average Bonchev–Trinajstić information content (AvgIpc) is 0.850. The van der Waals surface area contributed by atoms with Crippen LogP contribution in [0.3, 0.4) is 0 Å². The normalized spacial score (nSPS) is 11.9. The van der Waals surface area contributed by atoms with E-state index in [1.54, 1.807) is 41.5 Å². The summed E-state index contributed by atoms with van der Waals surface area (Å²) in [5.74, 6) is -1.35. The zero-order valence-corrected chi connectivity index (χ0v) is 63.6. The molecule has 0 aromatic heterocycles. The molecule has 0 bridgehead atoms. The monoisotopic (exact) mass is 1370 g/mol. The van der Waals surface area contributed by atoms with Crippen molar-refractivity contribution in [2.75, 3.05) is 45.9 Å². The van der Waals surface area contributed by atoms with E-state index >= 15 is 0 Å². The Bertz CT molecular complexity index is 2720. The molecule has 2 atom stereocenters. The van der Waals surface area contributed by atoms with Crippen LogP contribution in [0.15, 0.2) is 97.1 Å². The minimum Gasteiger partial charge on any atom is -0.486 e. The Balaban J connectivity index is -0.000000528. The Morgan fingerprint density at radius 2 is 0.926 bits per heavy atom. The second-order valence-corrected chi connectivity index (χ2v) is 29.1. The number of ether oxygens (including phenoxy) is 6. The van der Waals surface area contributed by atoms with Crippen molar-refractivity contribution in [1.29, 1.82) is 0 Å². The minimum atomic E-state index is -1.02. The maximum absolute atomic E-state index is 12.0. The number of hydrogen-bond donors (Lipinski definition) is 4. The van der Waals surface area contributed by atoms with Crippen LogP contribution in [0.25, 0.3) is 0 Å². The minimum absolute atomic E-state index is 0.0614. The molecule has 0 fully saturated rings. The standard InChI is InChI=1S/C21H26O2.C14H18O2S2.C13H22O5.C8H16O3.C7H14O2.2C6H12O2/c1-5-16(2)20(22)15-23-19-13-11-18(12-14-19)21(3,4)17-9-7-6-8-10-17;1-11(17)18-10-14(2,3)13(15)16-9-12-7-5-4-6-8-12;1-6-13(4,5)12(16)18-8-10(14)7-17-11(15)9(2)3;1-4-8(2,3)7(10)11-6-5-9;1-5-7(2,3)6(8)9-4;2*1-4-6(2,3)5(7)8/h6-14,16H,5,15H2,1-4H3;4-8H,9-10H2,1-3H3;10,14H,2,6-8H2,1,3-5H3;9H,4-6H2,1-3H3;5H2,1-4H3;2*4H2,1-3H3,(H,7,8).